The van der Waals surface area contributed by atoms with E-state index in [9.17, 15) is 14.4 Å². The third-order valence-corrected chi connectivity index (χ3v) is 10.1. The van der Waals surface area contributed by atoms with Crippen molar-refractivity contribution in [2.45, 2.75) is 72.0 Å². The van der Waals surface area contributed by atoms with Crippen molar-refractivity contribution in [3.63, 3.8) is 0 Å². The first-order valence-electron chi connectivity index (χ1n) is 17.7. The standard InChI is InChI=1S/C40H47N7O4/c1-23(2)26(6)38(48)47-22-25(5)19-34(47)36-41-21-32(44-36)29-15-12-27(13-16-29)10-11-28-14-17-30-31(20-28)43-37(42-30)33-9-8-18-46(33)39(49)35(24(3)4)45-40(50)51-7/h12-17,20-21,23-24,26,33-35H,5,8-9,18-19,22H2,1-4,6-7H3,(H,41,44)(H,42,43)(H,45,50)/t26-,33-,34-,35-/m0/s1. The van der Waals surface area contributed by atoms with Crippen molar-refractivity contribution < 1.29 is 19.1 Å². The Morgan fingerprint density at radius 3 is 2.35 bits per heavy atom. The third kappa shape index (κ3) is 7.55. The minimum atomic E-state index is -0.686. The summed E-state index contributed by atoms with van der Waals surface area (Å²) >= 11 is 0. The highest BCUT2D eigenvalue weighted by Gasteiger charge is 2.38. The number of hydrogen-bond acceptors (Lipinski definition) is 6. The van der Waals surface area contributed by atoms with Crippen LogP contribution in [0.2, 0.25) is 0 Å². The molecule has 4 aromatic rings. The number of amides is 3. The number of alkyl carbamates (subject to hydrolysis) is 1. The molecule has 3 amide bonds. The maximum absolute atomic E-state index is 13.5. The fraction of sp³-hybridized carbons (Fsp3) is 0.425. The fourth-order valence-electron chi connectivity index (χ4n) is 6.81. The molecule has 0 aliphatic carbocycles. The number of nitrogens with one attached hydrogen (secondary N) is 3. The van der Waals surface area contributed by atoms with Crippen LogP contribution in [0.25, 0.3) is 22.3 Å². The minimum Gasteiger partial charge on any atom is -0.453 e. The molecule has 2 aliphatic rings. The van der Waals surface area contributed by atoms with Crippen molar-refractivity contribution in [2.24, 2.45) is 17.8 Å². The van der Waals surface area contributed by atoms with Gasteiger partial charge in [-0.3, -0.25) is 9.59 Å². The summed E-state index contributed by atoms with van der Waals surface area (Å²) in [4.78, 5) is 58.8. The van der Waals surface area contributed by atoms with Gasteiger partial charge in [-0.1, -0.05) is 70.7 Å². The fourth-order valence-corrected chi connectivity index (χ4v) is 6.81. The van der Waals surface area contributed by atoms with Gasteiger partial charge < -0.3 is 29.8 Å². The number of imidazole rings is 2. The average molecular weight is 690 g/mol. The Hall–Kier alpha value is -5.37. The molecule has 0 bridgehead atoms. The van der Waals surface area contributed by atoms with Crippen molar-refractivity contribution in [3.8, 4) is 23.1 Å². The predicted molar refractivity (Wildman–Crippen MR) is 196 cm³/mol. The maximum atomic E-state index is 13.5. The largest absolute Gasteiger partial charge is 0.453 e. The van der Waals surface area contributed by atoms with Crippen molar-refractivity contribution in [1.82, 2.24) is 35.1 Å². The molecule has 2 saturated heterocycles. The normalized spacial score (nSPS) is 18.6. The van der Waals surface area contributed by atoms with E-state index < -0.39 is 12.1 Å². The van der Waals surface area contributed by atoms with E-state index in [-0.39, 0.29) is 41.7 Å². The lowest BCUT2D eigenvalue weighted by Crippen LogP contribution is -2.51. The molecule has 51 heavy (non-hydrogen) atoms. The summed E-state index contributed by atoms with van der Waals surface area (Å²) in [5.41, 5.74) is 6.26. The summed E-state index contributed by atoms with van der Waals surface area (Å²) in [5.74, 6) is 8.12. The van der Waals surface area contributed by atoms with Gasteiger partial charge in [-0.25, -0.2) is 14.8 Å². The molecule has 3 N–H and O–H groups in total. The number of fused-ring (bicyclic) bond motifs is 1. The first-order chi connectivity index (χ1) is 24.4. The van der Waals surface area contributed by atoms with Gasteiger partial charge in [0.1, 0.15) is 17.7 Å². The predicted octanol–water partition coefficient (Wildman–Crippen LogP) is 6.52. The van der Waals surface area contributed by atoms with Crippen LogP contribution in [0.3, 0.4) is 0 Å². The number of rotatable bonds is 8. The van der Waals surface area contributed by atoms with E-state index in [1.807, 2.05) is 79.2 Å². The quantitative estimate of drug-likeness (QED) is 0.142. The average Bonchev–Trinajstić information content (AvgIpc) is 3.94. The monoisotopic (exact) mass is 689 g/mol. The number of aromatic nitrogens is 4. The van der Waals surface area contributed by atoms with Crippen molar-refractivity contribution in [2.75, 3.05) is 20.2 Å². The number of ether oxygens (including phenoxy) is 1. The van der Waals surface area contributed by atoms with Crippen molar-refractivity contribution in [1.29, 1.82) is 0 Å². The highest BCUT2D eigenvalue weighted by atomic mass is 16.5. The Kier molecular flexibility index (Phi) is 10.3. The molecule has 6 rings (SSSR count). The van der Waals surface area contributed by atoms with Gasteiger partial charge in [-0.05, 0) is 67.0 Å². The van der Waals surface area contributed by atoms with Crippen LogP contribution in [0.4, 0.5) is 4.79 Å². The van der Waals surface area contributed by atoms with Crippen LogP contribution < -0.4 is 5.32 Å². The Morgan fingerprint density at radius 1 is 0.922 bits per heavy atom. The second-order valence-electron chi connectivity index (χ2n) is 14.4. The molecule has 0 spiro atoms. The molecule has 0 unspecified atom stereocenters. The number of carbonyl (C=O) groups is 3. The van der Waals surface area contributed by atoms with E-state index in [1.54, 1.807) is 0 Å². The van der Waals surface area contributed by atoms with Crippen molar-refractivity contribution >= 4 is 28.9 Å². The topological polar surface area (TPSA) is 136 Å². The Balaban J connectivity index is 1.14. The van der Waals surface area contributed by atoms with Gasteiger partial charge in [0, 0.05) is 30.1 Å². The lowest BCUT2D eigenvalue weighted by atomic mass is 9.96. The second-order valence-corrected chi connectivity index (χ2v) is 14.4. The molecular formula is C40H47N7O4. The summed E-state index contributed by atoms with van der Waals surface area (Å²) in [5, 5.41) is 2.69. The molecule has 266 valence electrons. The molecule has 4 atom stereocenters. The number of methoxy groups -OCH3 is 1. The van der Waals surface area contributed by atoms with E-state index in [2.05, 4.69) is 52.5 Å². The first-order valence-corrected chi connectivity index (χ1v) is 17.7. The molecule has 11 nitrogen and oxygen atoms in total. The molecule has 2 fully saturated rings. The summed E-state index contributed by atoms with van der Waals surface area (Å²) in [6, 6.07) is 12.8. The molecule has 0 radical (unpaired) electrons. The molecule has 2 aliphatic heterocycles. The number of benzene rings is 2. The number of aromatic amines is 2. The number of hydrogen-bond donors (Lipinski definition) is 3. The first kappa shape index (κ1) is 35.5. The zero-order valence-electron chi connectivity index (χ0n) is 30.2. The van der Waals surface area contributed by atoms with Crippen LogP contribution >= 0.6 is 0 Å². The lowest BCUT2D eigenvalue weighted by Gasteiger charge is -2.29. The zero-order valence-corrected chi connectivity index (χ0v) is 30.2. The SMILES string of the molecule is C=C1C[C@@H](c2ncc(-c3ccc(C#Cc4ccc5nc([C@@H]6CCCN6C(=O)[C@@H](NC(=O)OC)C(C)C)[nH]c5c4)cc3)[nH]2)N(C(=O)[C@@H](C)C(C)C)C1. The lowest BCUT2D eigenvalue weighted by molar-refractivity contribution is -0.137. The molecule has 4 heterocycles. The van der Waals surface area contributed by atoms with Gasteiger partial charge in [-0.15, -0.1) is 0 Å². The Bertz CT molecular complexity index is 2000. The molecular weight excluding hydrogens is 642 g/mol. The van der Waals surface area contributed by atoms with E-state index in [0.717, 1.165) is 63.5 Å². The molecule has 2 aromatic carbocycles. The zero-order chi connectivity index (χ0) is 36.4. The van der Waals surface area contributed by atoms with Crippen LogP contribution in [-0.2, 0) is 14.3 Å². The number of H-pyrrole nitrogens is 2. The van der Waals surface area contributed by atoms with Crippen LogP contribution in [0.15, 0.2) is 60.8 Å². The van der Waals surface area contributed by atoms with Crippen molar-refractivity contribution in [3.05, 3.63) is 83.6 Å². The van der Waals surface area contributed by atoms with E-state index >= 15 is 0 Å². The van der Waals surface area contributed by atoms with Crippen LogP contribution in [0.1, 0.15) is 88.7 Å². The van der Waals surface area contributed by atoms with Gasteiger partial charge in [0.25, 0.3) is 0 Å². The van der Waals surface area contributed by atoms with Crippen LogP contribution in [0, 0.1) is 29.6 Å². The maximum Gasteiger partial charge on any atom is 0.407 e. The molecule has 11 heteroatoms. The van der Waals surface area contributed by atoms with Gasteiger partial charge >= 0.3 is 6.09 Å². The van der Waals surface area contributed by atoms with Gasteiger partial charge in [0.15, 0.2) is 0 Å². The summed E-state index contributed by atoms with van der Waals surface area (Å²) < 4.78 is 4.75. The minimum absolute atomic E-state index is 0.0673. The number of likely N-dealkylation sites (tertiary alicyclic amines) is 2. The van der Waals surface area contributed by atoms with Gasteiger partial charge in [0.2, 0.25) is 11.8 Å². The van der Waals surface area contributed by atoms with E-state index in [1.165, 1.54) is 7.11 Å². The smallest absolute Gasteiger partial charge is 0.407 e. The number of carbonyl (C=O) groups excluding carboxylic acids is 3. The van der Waals surface area contributed by atoms with E-state index in [0.29, 0.717) is 19.5 Å². The van der Waals surface area contributed by atoms with Gasteiger partial charge in [-0.2, -0.15) is 0 Å². The van der Waals surface area contributed by atoms with Crippen LogP contribution in [-0.4, -0.2) is 73.9 Å². The second kappa shape index (κ2) is 14.9. The highest BCUT2D eigenvalue weighted by molar-refractivity contribution is 5.86. The van der Waals surface area contributed by atoms with Gasteiger partial charge in [0.05, 0.1) is 42.1 Å². The van der Waals surface area contributed by atoms with E-state index in [4.69, 9.17) is 9.72 Å². The Morgan fingerprint density at radius 2 is 1.65 bits per heavy atom. The molecule has 2 aromatic heterocycles. The summed E-state index contributed by atoms with van der Waals surface area (Å²) in [6.07, 6.45) is 3.53. The highest BCUT2D eigenvalue weighted by Crippen LogP contribution is 2.36. The molecule has 0 saturated carbocycles. The van der Waals surface area contributed by atoms with Crippen LogP contribution in [0.5, 0.6) is 0 Å². The summed E-state index contributed by atoms with van der Waals surface area (Å²) in [6.45, 7) is 15.3. The number of nitrogens with zero attached hydrogens (tertiary/aromatic N) is 4. The third-order valence-electron chi connectivity index (χ3n) is 10.1. The Labute approximate surface area is 299 Å². The summed E-state index contributed by atoms with van der Waals surface area (Å²) in [7, 11) is 1.29.